The third-order valence-corrected chi connectivity index (χ3v) is 5.89. The molecule has 0 bridgehead atoms. The number of aryl methyl sites for hydroxylation is 1. The number of guanidine groups is 1. The second kappa shape index (κ2) is 13.3. The minimum atomic E-state index is 0. The summed E-state index contributed by atoms with van der Waals surface area (Å²) in [7, 11) is 0. The largest absolute Gasteiger partial charge is 0.469 e. The van der Waals surface area contributed by atoms with Gasteiger partial charge in [-0.1, -0.05) is 6.92 Å². The lowest BCUT2D eigenvalue weighted by Gasteiger charge is -2.33. The zero-order valence-electron chi connectivity index (χ0n) is 17.4. The van der Waals surface area contributed by atoms with Crippen LogP contribution in [-0.4, -0.2) is 56.8 Å². The van der Waals surface area contributed by atoms with Gasteiger partial charge in [0.2, 0.25) is 0 Å². The number of rotatable bonds is 9. The number of thiophene rings is 1. The van der Waals surface area contributed by atoms with E-state index in [1.807, 2.05) is 23.5 Å². The highest BCUT2D eigenvalue weighted by Gasteiger charge is 2.23. The van der Waals surface area contributed by atoms with E-state index in [9.17, 15) is 0 Å². The first-order valence-electron chi connectivity index (χ1n) is 10.2. The summed E-state index contributed by atoms with van der Waals surface area (Å²) in [6.45, 7) is 10.3. The van der Waals surface area contributed by atoms with Crippen molar-refractivity contribution in [3.05, 3.63) is 46.0 Å². The van der Waals surface area contributed by atoms with Crippen LogP contribution in [-0.2, 0) is 11.2 Å². The quantitative estimate of drug-likeness (QED) is 0.292. The van der Waals surface area contributed by atoms with E-state index < -0.39 is 0 Å². The Balaban J connectivity index is 0.00000300. The number of nitrogens with zero attached hydrogens (tertiary/aromatic N) is 2. The monoisotopic (exact) mass is 532 g/mol. The minimum absolute atomic E-state index is 0. The molecule has 1 saturated heterocycles. The molecule has 6 nitrogen and oxygen atoms in total. The van der Waals surface area contributed by atoms with Crippen LogP contribution in [0.4, 0.5) is 0 Å². The first kappa shape index (κ1) is 24.2. The van der Waals surface area contributed by atoms with Crippen LogP contribution >= 0.6 is 35.3 Å². The molecule has 2 aromatic rings. The van der Waals surface area contributed by atoms with Gasteiger partial charge in [-0.15, -0.1) is 35.3 Å². The van der Waals surface area contributed by atoms with Gasteiger partial charge in [0.1, 0.15) is 5.76 Å². The number of hydrogen-bond donors (Lipinski definition) is 2. The highest BCUT2D eigenvalue weighted by atomic mass is 127. The molecule has 2 N–H and O–H groups in total. The molecule has 3 heterocycles. The van der Waals surface area contributed by atoms with E-state index >= 15 is 0 Å². The molecule has 3 rings (SSSR count). The van der Waals surface area contributed by atoms with Crippen LogP contribution in [0.5, 0.6) is 0 Å². The maximum absolute atomic E-state index is 5.55. The molecule has 0 radical (unpaired) electrons. The molecule has 1 fully saturated rings. The summed E-state index contributed by atoms with van der Waals surface area (Å²) in [4.78, 5) is 10.2. The van der Waals surface area contributed by atoms with Crippen molar-refractivity contribution in [1.29, 1.82) is 0 Å². The van der Waals surface area contributed by atoms with Gasteiger partial charge in [0.15, 0.2) is 5.96 Å². The average molecular weight is 532 g/mol. The van der Waals surface area contributed by atoms with Crippen molar-refractivity contribution in [1.82, 2.24) is 15.5 Å². The minimum Gasteiger partial charge on any atom is -0.469 e. The first-order valence-corrected chi connectivity index (χ1v) is 11.0. The molecule has 0 spiro atoms. The SMILES string of the molecule is CCCNC(=NCC(c1ccc(C)s1)N1CCOCC1)NCCc1ccco1.I. The van der Waals surface area contributed by atoms with Crippen molar-refractivity contribution in [3.63, 3.8) is 0 Å². The first-order chi connectivity index (χ1) is 13.8. The highest BCUT2D eigenvalue weighted by Crippen LogP contribution is 2.28. The Hall–Kier alpha value is -1.10. The smallest absolute Gasteiger partial charge is 0.191 e. The molecule has 0 aliphatic carbocycles. The third kappa shape index (κ3) is 7.92. The topological polar surface area (TPSA) is 62.0 Å². The number of aliphatic imine (C=N–C) groups is 1. The molecule has 8 heteroatoms. The van der Waals surface area contributed by atoms with Crippen LogP contribution in [0.1, 0.15) is 34.9 Å². The zero-order chi connectivity index (χ0) is 19.6. The van der Waals surface area contributed by atoms with E-state index in [4.69, 9.17) is 14.1 Å². The summed E-state index contributed by atoms with van der Waals surface area (Å²) in [5.41, 5.74) is 0. The fraction of sp³-hybridized carbons (Fsp3) is 0.571. The lowest BCUT2D eigenvalue weighted by molar-refractivity contribution is 0.0186. The van der Waals surface area contributed by atoms with Gasteiger partial charge in [-0.3, -0.25) is 9.89 Å². The molecule has 2 aromatic heterocycles. The van der Waals surface area contributed by atoms with Crippen molar-refractivity contribution >= 4 is 41.3 Å². The van der Waals surface area contributed by atoms with Gasteiger partial charge in [0, 0.05) is 42.4 Å². The number of nitrogens with one attached hydrogen (secondary N) is 2. The van der Waals surface area contributed by atoms with Gasteiger partial charge in [0.25, 0.3) is 0 Å². The molecular weight excluding hydrogens is 499 g/mol. The van der Waals surface area contributed by atoms with E-state index in [0.29, 0.717) is 6.04 Å². The molecular formula is C21H33IN4O2S. The highest BCUT2D eigenvalue weighted by molar-refractivity contribution is 14.0. The van der Waals surface area contributed by atoms with Crippen LogP contribution in [0.3, 0.4) is 0 Å². The van der Waals surface area contributed by atoms with Crippen LogP contribution in [0, 0.1) is 6.92 Å². The summed E-state index contributed by atoms with van der Waals surface area (Å²) >= 11 is 1.87. The van der Waals surface area contributed by atoms with Gasteiger partial charge in [-0.05, 0) is 37.6 Å². The molecule has 1 atom stereocenters. The molecule has 1 aliphatic heterocycles. The predicted molar refractivity (Wildman–Crippen MR) is 131 cm³/mol. The van der Waals surface area contributed by atoms with Crippen molar-refractivity contribution in [3.8, 4) is 0 Å². The fourth-order valence-electron chi connectivity index (χ4n) is 3.26. The molecule has 0 amide bonds. The maximum Gasteiger partial charge on any atom is 0.191 e. The normalized spacial score (nSPS) is 16.3. The molecule has 29 heavy (non-hydrogen) atoms. The molecule has 1 aliphatic rings. The van der Waals surface area contributed by atoms with Crippen molar-refractivity contribution in [2.45, 2.75) is 32.7 Å². The van der Waals surface area contributed by atoms with Gasteiger partial charge in [-0.25, -0.2) is 0 Å². The fourth-order valence-corrected chi connectivity index (χ4v) is 4.27. The van der Waals surface area contributed by atoms with Gasteiger partial charge < -0.3 is 19.8 Å². The number of ether oxygens (including phenoxy) is 1. The van der Waals surface area contributed by atoms with E-state index in [1.165, 1.54) is 9.75 Å². The van der Waals surface area contributed by atoms with Crippen molar-refractivity contribution in [2.75, 3.05) is 45.9 Å². The van der Waals surface area contributed by atoms with Crippen molar-refractivity contribution in [2.24, 2.45) is 4.99 Å². The number of furan rings is 1. The average Bonchev–Trinajstić information content (AvgIpc) is 3.38. The molecule has 0 saturated carbocycles. The summed E-state index contributed by atoms with van der Waals surface area (Å²) in [5, 5.41) is 6.88. The molecule has 1 unspecified atom stereocenters. The molecule has 0 aromatic carbocycles. The Labute approximate surface area is 195 Å². The number of morpholine rings is 1. The lowest BCUT2D eigenvalue weighted by Crippen LogP contribution is -2.42. The van der Waals surface area contributed by atoms with Crippen LogP contribution in [0.2, 0.25) is 0 Å². The maximum atomic E-state index is 5.55. The predicted octanol–water partition coefficient (Wildman–Crippen LogP) is 3.83. The van der Waals surface area contributed by atoms with E-state index in [-0.39, 0.29) is 24.0 Å². The third-order valence-electron chi connectivity index (χ3n) is 4.78. The van der Waals surface area contributed by atoms with E-state index in [0.717, 1.165) is 70.5 Å². The number of halogens is 1. The van der Waals surface area contributed by atoms with Gasteiger partial charge >= 0.3 is 0 Å². The Morgan fingerprint density at radius 3 is 2.66 bits per heavy atom. The second-order valence-electron chi connectivity index (χ2n) is 6.98. The molecule has 162 valence electrons. The summed E-state index contributed by atoms with van der Waals surface area (Å²) < 4.78 is 11.0. The van der Waals surface area contributed by atoms with Crippen molar-refractivity contribution < 1.29 is 9.15 Å². The summed E-state index contributed by atoms with van der Waals surface area (Å²) in [6.07, 6.45) is 3.63. The lowest BCUT2D eigenvalue weighted by atomic mass is 10.2. The Kier molecular flexibility index (Phi) is 11.0. The Morgan fingerprint density at radius 2 is 2.00 bits per heavy atom. The second-order valence-corrected chi connectivity index (χ2v) is 8.30. The summed E-state index contributed by atoms with van der Waals surface area (Å²) in [6, 6.07) is 8.68. The number of hydrogen-bond acceptors (Lipinski definition) is 5. The Morgan fingerprint density at radius 1 is 1.21 bits per heavy atom. The van der Waals surface area contributed by atoms with Crippen LogP contribution < -0.4 is 10.6 Å². The standard InChI is InChI=1S/C21H32N4O2S.HI/c1-3-9-22-21(23-10-8-18-5-4-13-27-18)24-16-19(20-7-6-17(2)28-20)25-11-14-26-15-12-25;/h4-7,13,19H,3,8-12,14-16H2,1-2H3,(H2,22,23,24);1H. The van der Waals surface area contributed by atoms with Crippen LogP contribution in [0.25, 0.3) is 0 Å². The summed E-state index contributed by atoms with van der Waals surface area (Å²) in [5.74, 6) is 1.86. The van der Waals surface area contributed by atoms with Gasteiger partial charge in [-0.2, -0.15) is 0 Å². The zero-order valence-corrected chi connectivity index (χ0v) is 20.5. The van der Waals surface area contributed by atoms with Crippen LogP contribution in [0.15, 0.2) is 39.9 Å². The Bertz CT molecular complexity index is 714. The van der Waals surface area contributed by atoms with E-state index in [1.54, 1.807) is 6.26 Å². The van der Waals surface area contributed by atoms with E-state index in [2.05, 4.69) is 41.5 Å². The van der Waals surface area contributed by atoms with Gasteiger partial charge in [0.05, 0.1) is 32.1 Å².